The molecule has 76 valence electrons. The van der Waals surface area contributed by atoms with Crippen LogP contribution in [0, 0.1) is 13.8 Å². The van der Waals surface area contributed by atoms with Crippen LogP contribution in [0.2, 0.25) is 0 Å². The second-order valence-corrected chi connectivity index (χ2v) is 3.29. The van der Waals surface area contributed by atoms with Crippen LogP contribution in [-0.4, -0.2) is 6.09 Å². The fraction of sp³-hybridized carbons (Fsp3) is 0.300. The molecule has 0 heterocycles. The molecule has 0 unspecified atom stereocenters. The first kappa shape index (κ1) is 10.9. The Morgan fingerprint density at radius 1 is 1.43 bits per heavy atom. The third-order valence-corrected chi connectivity index (χ3v) is 2.49. The van der Waals surface area contributed by atoms with Crippen molar-refractivity contribution in [3.05, 3.63) is 28.8 Å². The van der Waals surface area contributed by atoms with Gasteiger partial charge in [0, 0.05) is 5.88 Å². The van der Waals surface area contributed by atoms with Gasteiger partial charge in [0.1, 0.15) is 5.75 Å². The van der Waals surface area contributed by atoms with Gasteiger partial charge in [0.05, 0.1) is 0 Å². The highest BCUT2D eigenvalue weighted by Gasteiger charge is 2.08. The SMILES string of the molecule is Cc1c(CCl)ccc(OC(N)=O)c1C. The second kappa shape index (κ2) is 4.33. The number of benzene rings is 1. The molecule has 0 bridgehead atoms. The van der Waals surface area contributed by atoms with Gasteiger partial charge < -0.3 is 10.5 Å². The minimum absolute atomic E-state index is 0.448. The molecule has 3 nitrogen and oxygen atoms in total. The van der Waals surface area contributed by atoms with Crippen molar-refractivity contribution in [1.29, 1.82) is 0 Å². The predicted molar refractivity (Wildman–Crippen MR) is 55.7 cm³/mol. The third kappa shape index (κ3) is 2.17. The lowest BCUT2D eigenvalue weighted by molar-refractivity contribution is 0.210. The normalized spacial score (nSPS) is 9.93. The summed E-state index contributed by atoms with van der Waals surface area (Å²) in [6.45, 7) is 3.80. The minimum Gasteiger partial charge on any atom is -0.410 e. The van der Waals surface area contributed by atoms with Gasteiger partial charge in [-0.1, -0.05) is 6.07 Å². The molecule has 1 aromatic carbocycles. The van der Waals surface area contributed by atoms with E-state index in [2.05, 4.69) is 0 Å². The molecule has 4 heteroatoms. The third-order valence-electron chi connectivity index (χ3n) is 2.20. The van der Waals surface area contributed by atoms with Gasteiger partial charge in [-0.05, 0) is 36.6 Å². The van der Waals surface area contributed by atoms with Gasteiger partial charge in [0.15, 0.2) is 0 Å². The van der Waals surface area contributed by atoms with Gasteiger partial charge in [-0.15, -0.1) is 11.6 Å². The molecule has 1 amide bonds. The summed E-state index contributed by atoms with van der Waals surface area (Å²) in [5.74, 6) is 0.938. The second-order valence-electron chi connectivity index (χ2n) is 3.03. The number of rotatable bonds is 2. The Balaban J connectivity index is 3.10. The van der Waals surface area contributed by atoms with Crippen molar-refractivity contribution >= 4 is 17.7 Å². The number of primary amides is 1. The maximum atomic E-state index is 10.6. The molecule has 1 aromatic rings. The van der Waals surface area contributed by atoms with Crippen molar-refractivity contribution in [2.45, 2.75) is 19.7 Å². The average molecular weight is 214 g/mol. The molecule has 0 aromatic heterocycles. The van der Waals surface area contributed by atoms with Gasteiger partial charge >= 0.3 is 6.09 Å². The van der Waals surface area contributed by atoms with Crippen LogP contribution in [0.4, 0.5) is 4.79 Å². The number of hydrogen-bond acceptors (Lipinski definition) is 2. The zero-order chi connectivity index (χ0) is 10.7. The number of amides is 1. The summed E-state index contributed by atoms with van der Waals surface area (Å²) in [6.07, 6.45) is -0.800. The number of carbonyl (C=O) groups is 1. The van der Waals surface area contributed by atoms with E-state index < -0.39 is 6.09 Å². The zero-order valence-corrected chi connectivity index (χ0v) is 8.89. The maximum absolute atomic E-state index is 10.6. The molecule has 0 spiro atoms. The molecule has 0 aliphatic carbocycles. The Morgan fingerprint density at radius 3 is 2.57 bits per heavy atom. The lowest BCUT2D eigenvalue weighted by Gasteiger charge is -2.10. The molecule has 1 rings (SSSR count). The Morgan fingerprint density at radius 2 is 2.07 bits per heavy atom. The molecular weight excluding hydrogens is 202 g/mol. The van der Waals surface area contributed by atoms with Gasteiger partial charge in [-0.3, -0.25) is 0 Å². The maximum Gasteiger partial charge on any atom is 0.409 e. The van der Waals surface area contributed by atoms with Crippen molar-refractivity contribution in [3.8, 4) is 5.75 Å². The first-order valence-electron chi connectivity index (χ1n) is 4.18. The quantitative estimate of drug-likeness (QED) is 0.768. The van der Waals surface area contributed by atoms with Gasteiger partial charge in [0.25, 0.3) is 0 Å². The van der Waals surface area contributed by atoms with Crippen molar-refractivity contribution in [2.24, 2.45) is 5.73 Å². The van der Waals surface area contributed by atoms with Gasteiger partial charge in [0.2, 0.25) is 0 Å². The Kier molecular flexibility index (Phi) is 3.36. The molecule has 0 atom stereocenters. The largest absolute Gasteiger partial charge is 0.410 e. The molecule has 2 N–H and O–H groups in total. The number of hydrogen-bond donors (Lipinski definition) is 1. The van der Waals surface area contributed by atoms with E-state index in [1.807, 2.05) is 19.9 Å². The standard InChI is InChI=1S/C10H12ClNO2/c1-6-7(2)9(14-10(12)13)4-3-8(6)5-11/h3-4H,5H2,1-2H3,(H2,12,13). The molecular formula is C10H12ClNO2. The summed E-state index contributed by atoms with van der Waals surface area (Å²) < 4.78 is 4.82. The van der Waals surface area contributed by atoms with Crippen LogP contribution in [0.3, 0.4) is 0 Å². The lowest BCUT2D eigenvalue weighted by atomic mass is 10.0. The van der Waals surface area contributed by atoms with E-state index in [1.165, 1.54) is 0 Å². The van der Waals surface area contributed by atoms with Crippen molar-refractivity contribution in [1.82, 2.24) is 0 Å². The Labute approximate surface area is 87.8 Å². The molecule has 0 radical (unpaired) electrons. The number of halogens is 1. The molecule has 0 aliphatic heterocycles. The van der Waals surface area contributed by atoms with E-state index in [-0.39, 0.29) is 0 Å². The Hall–Kier alpha value is -1.22. The fourth-order valence-corrected chi connectivity index (χ4v) is 1.51. The van der Waals surface area contributed by atoms with Crippen molar-refractivity contribution in [3.63, 3.8) is 0 Å². The Bertz CT molecular complexity index is 363. The van der Waals surface area contributed by atoms with E-state index >= 15 is 0 Å². The summed E-state index contributed by atoms with van der Waals surface area (Å²) in [6, 6.07) is 3.53. The highest BCUT2D eigenvalue weighted by molar-refractivity contribution is 6.17. The molecule has 0 aliphatic rings. The summed E-state index contributed by atoms with van der Waals surface area (Å²) in [5.41, 5.74) is 7.87. The number of carbonyl (C=O) groups excluding carboxylic acids is 1. The van der Waals surface area contributed by atoms with Gasteiger partial charge in [-0.25, -0.2) is 4.79 Å². The van der Waals surface area contributed by atoms with E-state index in [9.17, 15) is 4.79 Å². The lowest BCUT2D eigenvalue weighted by Crippen LogP contribution is -2.17. The first-order chi connectivity index (χ1) is 6.56. The van der Waals surface area contributed by atoms with Crippen LogP contribution in [0.15, 0.2) is 12.1 Å². The van der Waals surface area contributed by atoms with E-state index in [1.54, 1.807) is 6.07 Å². The molecule has 0 fully saturated rings. The van der Waals surface area contributed by atoms with E-state index in [0.29, 0.717) is 11.6 Å². The average Bonchev–Trinajstić information content (AvgIpc) is 2.13. The van der Waals surface area contributed by atoms with Crippen LogP contribution in [0.25, 0.3) is 0 Å². The molecule has 14 heavy (non-hydrogen) atoms. The van der Waals surface area contributed by atoms with E-state index in [4.69, 9.17) is 22.1 Å². The fourth-order valence-electron chi connectivity index (χ4n) is 1.22. The van der Waals surface area contributed by atoms with Crippen molar-refractivity contribution in [2.75, 3.05) is 0 Å². The monoisotopic (exact) mass is 213 g/mol. The summed E-state index contributed by atoms with van der Waals surface area (Å²) >= 11 is 5.73. The number of ether oxygens (including phenoxy) is 1. The number of alkyl halides is 1. The highest BCUT2D eigenvalue weighted by atomic mass is 35.5. The van der Waals surface area contributed by atoms with Crippen LogP contribution < -0.4 is 10.5 Å². The molecule has 0 saturated carbocycles. The van der Waals surface area contributed by atoms with Crippen LogP contribution in [-0.2, 0) is 5.88 Å². The van der Waals surface area contributed by atoms with Crippen LogP contribution in [0.5, 0.6) is 5.75 Å². The predicted octanol–water partition coefficient (Wildman–Crippen LogP) is 2.50. The highest BCUT2D eigenvalue weighted by Crippen LogP contribution is 2.25. The van der Waals surface area contributed by atoms with Crippen LogP contribution >= 0.6 is 11.6 Å². The van der Waals surface area contributed by atoms with Crippen molar-refractivity contribution < 1.29 is 9.53 Å². The van der Waals surface area contributed by atoms with Gasteiger partial charge in [-0.2, -0.15) is 0 Å². The smallest absolute Gasteiger partial charge is 0.409 e. The summed E-state index contributed by atoms with van der Waals surface area (Å²) in [4.78, 5) is 10.6. The zero-order valence-electron chi connectivity index (χ0n) is 8.13. The number of nitrogens with two attached hydrogens (primary N) is 1. The summed E-state index contributed by atoms with van der Waals surface area (Å²) in [5, 5.41) is 0. The minimum atomic E-state index is -0.800. The summed E-state index contributed by atoms with van der Waals surface area (Å²) in [7, 11) is 0. The topological polar surface area (TPSA) is 52.3 Å². The van der Waals surface area contributed by atoms with E-state index in [0.717, 1.165) is 16.7 Å². The van der Waals surface area contributed by atoms with Crippen LogP contribution in [0.1, 0.15) is 16.7 Å². The molecule has 0 saturated heterocycles. The first-order valence-corrected chi connectivity index (χ1v) is 4.72.